The summed E-state index contributed by atoms with van der Waals surface area (Å²) < 4.78 is 2.39. The first kappa shape index (κ1) is 36.3. The summed E-state index contributed by atoms with van der Waals surface area (Å²) in [5.74, 6) is 1.87. The molecule has 0 bridgehead atoms. The maximum absolute atomic E-state index is 5.21. The Morgan fingerprint density at radius 1 is 0.286 bits per heavy atom. The highest BCUT2D eigenvalue weighted by molar-refractivity contribution is 6.19. The van der Waals surface area contributed by atoms with Crippen LogP contribution in [0.1, 0.15) is 0 Å². The molecule has 0 fully saturated rings. The minimum Gasteiger partial charge on any atom is -0.309 e. The molecule has 12 aromatic rings. The first-order valence-corrected chi connectivity index (χ1v) is 21.2. The normalized spacial score (nSPS) is 11.5. The maximum atomic E-state index is 5.21. The Balaban J connectivity index is 1.02. The zero-order valence-electron chi connectivity index (χ0n) is 34.1. The first-order chi connectivity index (χ1) is 31.3. The topological polar surface area (TPSA) is 56.5 Å². The number of fused-ring (bicyclic) bond motifs is 5. The second-order valence-electron chi connectivity index (χ2n) is 15.8. The molecule has 0 aliphatic heterocycles. The van der Waals surface area contributed by atoms with Crippen LogP contribution in [0.15, 0.2) is 225 Å². The van der Waals surface area contributed by atoms with Gasteiger partial charge in [0, 0.05) is 45.5 Å². The Hall–Kier alpha value is -8.54. The Kier molecular flexibility index (Phi) is 8.75. The number of para-hydroxylation sites is 2. The first-order valence-electron chi connectivity index (χ1n) is 21.2. The Bertz CT molecular complexity index is 3670. The van der Waals surface area contributed by atoms with E-state index in [0.717, 1.165) is 49.8 Å². The quantitative estimate of drug-likeness (QED) is 0.161. The second kappa shape index (κ2) is 15.2. The van der Waals surface area contributed by atoms with E-state index in [0.29, 0.717) is 17.5 Å². The number of pyridine rings is 1. The van der Waals surface area contributed by atoms with Crippen LogP contribution in [-0.2, 0) is 0 Å². The van der Waals surface area contributed by atoms with E-state index in [1.807, 2.05) is 54.9 Å². The van der Waals surface area contributed by atoms with Crippen LogP contribution in [0, 0.1) is 0 Å². The van der Waals surface area contributed by atoms with E-state index in [1.165, 1.54) is 49.3 Å². The summed E-state index contributed by atoms with van der Waals surface area (Å²) in [6, 6.07) is 75.2. The highest BCUT2D eigenvalue weighted by Gasteiger charge is 2.20. The van der Waals surface area contributed by atoms with Gasteiger partial charge in [-0.1, -0.05) is 164 Å². The lowest BCUT2D eigenvalue weighted by Gasteiger charge is -2.16. The van der Waals surface area contributed by atoms with Crippen LogP contribution in [0.5, 0.6) is 0 Å². The number of hydrogen-bond acceptors (Lipinski definition) is 4. The van der Waals surface area contributed by atoms with Gasteiger partial charge in [0.2, 0.25) is 0 Å². The molecule has 0 amide bonds. The number of benzene rings is 9. The zero-order valence-corrected chi connectivity index (χ0v) is 34.1. The van der Waals surface area contributed by atoms with Crippen LogP contribution in [0.2, 0.25) is 0 Å². The van der Waals surface area contributed by atoms with Crippen molar-refractivity contribution in [2.45, 2.75) is 0 Å². The molecule has 3 heterocycles. The van der Waals surface area contributed by atoms with E-state index in [9.17, 15) is 0 Å². The SMILES string of the molecule is c1ccc(-c2nc(-c3cccc(-c4ccncc4)c3)nc(-c3ccc(-c4ccc(-c5cccc6c5c5ccccc5n6-c5ccccc5)c5ccccc45)c4ccccc34)n2)cc1. The average Bonchev–Trinajstić information content (AvgIpc) is 3.71. The fourth-order valence-corrected chi connectivity index (χ4v) is 9.32. The van der Waals surface area contributed by atoms with Crippen LogP contribution in [-0.4, -0.2) is 24.5 Å². The predicted molar refractivity (Wildman–Crippen MR) is 260 cm³/mol. The van der Waals surface area contributed by atoms with Gasteiger partial charge in [0.15, 0.2) is 17.5 Å². The molecule has 294 valence electrons. The lowest BCUT2D eigenvalue weighted by molar-refractivity contribution is 1.08. The van der Waals surface area contributed by atoms with Crippen molar-refractivity contribution in [3.05, 3.63) is 225 Å². The summed E-state index contributed by atoms with van der Waals surface area (Å²) in [5.41, 5.74) is 13.2. The third-order valence-corrected chi connectivity index (χ3v) is 12.2. The summed E-state index contributed by atoms with van der Waals surface area (Å²) in [4.78, 5) is 19.7. The fourth-order valence-electron chi connectivity index (χ4n) is 9.32. The lowest BCUT2D eigenvalue weighted by Crippen LogP contribution is -2.01. The molecule has 0 saturated carbocycles. The number of nitrogens with zero attached hydrogens (tertiary/aromatic N) is 5. The van der Waals surface area contributed by atoms with Crippen molar-refractivity contribution >= 4 is 43.4 Å². The molecule has 0 aliphatic rings. The van der Waals surface area contributed by atoms with Crippen molar-refractivity contribution in [1.29, 1.82) is 0 Å². The van der Waals surface area contributed by atoms with Crippen LogP contribution in [0.3, 0.4) is 0 Å². The minimum atomic E-state index is 0.617. The van der Waals surface area contributed by atoms with Crippen molar-refractivity contribution < 1.29 is 0 Å². The molecule has 0 radical (unpaired) electrons. The molecule has 0 aliphatic carbocycles. The number of aromatic nitrogens is 5. The molecule has 12 rings (SSSR count). The summed E-state index contributed by atoms with van der Waals surface area (Å²) in [6.07, 6.45) is 3.63. The van der Waals surface area contributed by atoms with Gasteiger partial charge in [0.1, 0.15) is 0 Å². The standard InChI is InChI=1S/C58H37N5/c1-3-15-39(16-4-1)56-60-57(41-18-13-17-40(37-41)38-33-35-59-36-34-38)62-58(61-56)51-32-31-48(45-23-9-10-24-46(45)51)47-29-30-49(44-22-8-7-21-43(44)47)50-26-14-28-54-55(50)52-25-11-12-27-53(52)63(54)42-19-5-2-6-20-42/h1-37H. The molecular formula is C58H37N5. The Morgan fingerprint density at radius 2 is 0.762 bits per heavy atom. The lowest BCUT2D eigenvalue weighted by atomic mass is 9.88. The molecule has 63 heavy (non-hydrogen) atoms. The summed E-state index contributed by atoms with van der Waals surface area (Å²) in [7, 11) is 0. The van der Waals surface area contributed by atoms with Crippen molar-refractivity contribution in [2.75, 3.05) is 0 Å². The highest BCUT2D eigenvalue weighted by atomic mass is 15.0. The zero-order chi connectivity index (χ0) is 41.7. The van der Waals surface area contributed by atoms with Gasteiger partial charge >= 0.3 is 0 Å². The molecule has 0 spiro atoms. The number of hydrogen-bond donors (Lipinski definition) is 0. The van der Waals surface area contributed by atoms with E-state index >= 15 is 0 Å². The third kappa shape index (κ3) is 6.25. The van der Waals surface area contributed by atoms with Crippen LogP contribution < -0.4 is 0 Å². The largest absolute Gasteiger partial charge is 0.309 e. The van der Waals surface area contributed by atoms with E-state index in [-0.39, 0.29) is 0 Å². The van der Waals surface area contributed by atoms with E-state index < -0.39 is 0 Å². The average molecular weight is 804 g/mol. The smallest absolute Gasteiger partial charge is 0.164 e. The third-order valence-electron chi connectivity index (χ3n) is 12.2. The number of rotatable bonds is 7. The van der Waals surface area contributed by atoms with Gasteiger partial charge in [-0.2, -0.15) is 0 Å². The van der Waals surface area contributed by atoms with Crippen LogP contribution in [0.4, 0.5) is 0 Å². The van der Waals surface area contributed by atoms with Crippen LogP contribution in [0.25, 0.3) is 117 Å². The molecule has 3 aromatic heterocycles. The molecule has 0 atom stereocenters. The van der Waals surface area contributed by atoms with Crippen molar-refractivity contribution in [3.63, 3.8) is 0 Å². The molecule has 0 N–H and O–H groups in total. The van der Waals surface area contributed by atoms with Gasteiger partial charge in [-0.05, 0) is 103 Å². The maximum Gasteiger partial charge on any atom is 0.164 e. The molecule has 5 nitrogen and oxygen atoms in total. The van der Waals surface area contributed by atoms with Gasteiger partial charge < -0.3 is 4.57 Å². The van der Waals surface area contributed by atoms with Crippen LogP contribution >= 0.6 is 0 Å². The molecule has 9 aromatic carbocycles. The van der Waals surface area contributed by atoms with Gasteiger partial charge in [-0.15, -0.1) is 0 Å². The molecule has 0 unspecified atom stereocenters. The molecule has 5 heteroatoms. The summed E-state index contributed by atoms with van der Waals surface area (Å²) in [6.45, 7) is 0. The van der Waals surface area contributed by atoms with Gasteiger partial charge in [0.05, 0.1) is 11.0 Å². The predicted octanol–water partition coefficient (Wildman–Crippen LogP) is 14.7. The minimum absolute atomic E-state index is 0.617. The molecule has 0 saturated heterocycles. The van der Waals surface area contributed by atoms with Gasteiger partial charge in [0.25, 0.3) is 0 Å². The van der Waals surface area contributed by atoms with Gasteiger partial charge in [-0.3, -0.25) is 4.98 Å². The van der Waals surface area contributed by atoms with E-state index in [1.54, 1.807) is 0 Å². The summed E-state index contributed by atoms with van der Waals surface area (Å²) >= 11 is 0. The van der Waals surface area contributed by atoms with E-state index in [4.69, 9.17) is 15.0 Å². The van der Waals surface area contributed by atoms with Crippen molar-refractivity contribution in [1.82, 2.24) is 24.5 Å². The Labute approximate surface area is 364 Å². The molecular weight excluding hydrogens is 767 g/mol. The summed E-state index contributed by atoms with van der Waals surface area (Å²) in [5, 5.41) is 7.09. The van der Waals surface area contributed by atoms with Gasteiger partial charge in [-0.25, -0.2) is 15.0 Å². The monoisotopic (exact) mass is 803 g/mol. The van der Waals surface area contributed by atoms with Crippen molar-refractivity contribution in [2.24, 2.45) is 0 Å². The van der Waals surface area contributed by atoms with Crippen molar-refractivity contribution in [3.8, 4) is 73.2 Å². The highest BCUT2D eigenvalue weighted by Crippen LogP contribution is 2.44. The fraction of sp³-hybridized carbons (Fsp3) is 0. The Morgan fingerprint density at radius 3 is 1.44 bits per heavy atom. The second-order valence-corrected chi connectivity index (χ2v) is 15.8. The van der Waals surface area contributed by atoms with E-state index in [2.05, 4.69) is 179 Å².